The molecule has 1 aliphatic rings. The molecule has 0 radical (unpaired) electrons. The Morgan fingerprint density at radius 3 is 2.61 bits per heavy atom. The summed E-state index contributed by atoms with van der Waals surface area (Å²) in [5.41, 5.74) is 1.47. The summed E-state index contributed by atoms with van der Waals surface area (Å²) in [7, 11) is 0. The molecular weight excluding hydrogens is 282 g/mol. The molecule has 3 heteroatoms. The standard InChI is InChI=1S/C20H29N3/c1-2-6-18(7-3-1)9-5-15-23-16-11-19(12-17-23)8-4-10-20-21-13-14-22-20/h1-3,6-7,13-14,19H,4-5,8-12,15-17H2,(H,21,22). The van der Waals surface area contributed by atoms with E-state index >= 15 is 0 Å². The first-order valence-corrected chi connectivity index (χ1v) is 9.15. The average Bonchev–Trinajstić information content (AvgIpc) is 3.11. The van der Waals surface area contributed by atoms with Crippen molar-refractivity contribution in [3.63, 3.8) is 0 Å². The minimum absolute atomic E-state index is 0.926. The van der Waals surface area contributed by atoms with E-state index in [0.29, 0.717) is 0 Å². The molecule has 1 fully saturated rings. The van der Waals surface area contributed by atoms with Crippen molar-refractivity contribution in [1.82, 2.24) is 14.9 Å². The molecule has 1 N–H and O–H groups in total. The number of aryl methyl sites for hydroxylation is 2. The highest BCUT2D eigenvalue weighted by molar-refractivity contribution is 5.14. The monoisotopic (exact) mass is 311 g/mol. The Labute approximate surface area is 140 Å². The summed E-state index contributed by atoms with van der Waals surface area (Å²) in [6.07, 6.45) is 12.8. The number of H-pyrrole nitrogens is 1. The van der Waals surface area contributed by atoms with Gasteiger partial charge in [0.25, 0.3) is 0 Å². The summed E-state index contributed by atoms with van der Waals surface area (Å²) < 4.78 is 0. The molecule has 1 aliphatic heterocycles. The van der Waals surface area contributed by atoms with Crippen molar-refractivity contribution >= 4 is 0 Å². The maximum Gasteiger partial charge on any atom is 0.105 e. The van der Waals surface area contributed by atoms with Gasteiger partial charge in [-0.05, 0) is 69.6 Å². The third kappa shape index (κ3) is 5.51. The van der Waals surface area contributed by atoms with E-state index in [-0.39, 0.29) is 0 Å². The molecule has 3 nitrogen and oxygen atoms in total. The van der Waals surface area contributed by atoms with Gasteiger partial charge in [0, 0.05) is 18.8 Å². The maximum atomic E-state index is 4.31. The average molecular weight is 311 g/mol. The van der Waals surface area contributed by atoms with Crippen LogP contribution in [0.4, 0.5) is 0 Å². The molecule has 0 spiro atoms. The van der Waals surface area contributed by atoms with Crippen molar-refractivity contribution in [3.8, 4) is 0 Å². The summed E-state index contributed by atoms with van der Waals surface area (Å²) in [5, 5.41) is 0. The largest absolute Gasteiger partial charge is 0.349 e. The number of benzene rings is 1. The first-order chi connectivity index (χ1) is 11.4. The Balaban J connectivity index is 1.26. The van der Waals surface area contributed by atoms with Gasteiger partial charge in [-0.25, -0.2) is 4.98 Å². The van der Waals surface area contributed by atoms with Crippen LogP contribution >= 0.6 is 0 Å². The Morgan fingerprint density at radius 2 is 1.87 bits per heavy atom. The van der Waals surface area contributed by atoms with Crippen LogP contribution in [-0.4, -0.2) is 34.5 Å². The Bertz CT molecular complexity index is 527. The second-order valence-corrected chi connectivity index (χ2v) is 6.80. The second kappa shape index (κ2) is 8.88. The van der Waals surface area contributed by atoms with Crippen LogP contribution in [-0.2, 0) is 12.8 Å². The molecule has 2 aromatic rings. The number of aromatic amines is 1. The summed E-state index contributed by atoms with van der Waals surface area (Å²) >= 11 is 0. The molecular formula is C20H29N3. The van der Waals surface area contributed by atoms with Gasteiger partial charge in [-0.3, -0.25) is 0 Å². The quantitative estimate of drug-likeness (QED) is 0.796. The lowest BCUT2D eigenvalue weighted by molar-refractivity contribution is 0.176. The van der Waals surface area contributed by atoms with E-state index in [1.54, 1.807) is 0 Å². The van der Waals surface area contributed by atoms with Gasteiger partial charge < -0.3 is 9.88 Å². The third-order valence-corrected chi connectivity index (χ3v) is 5.07. The molecule has 1 aromatic carbocycles. The molecule has 0 saturated carbocycles. The molecule has 124 valence electrons. The van der Waals surface area contributed by atoms with Crippen molar-refractivity contribution in [3.05, 3.63) is 54.1 Å². The van der Waals surface area contributed by atoms with Crippen LogP contribution in [0.3, 0.4) is 0 Å². The van der Waals surface area contributed by atoms with Crippen molar-refractivity contribution in [2.45, 2.75) is 44.9 Å². The van der Waals surface area contributed by atoms with Crippen LogP contribution in [0.2, 0.25) is 0 Å². The third-order valence-electron chi connectivity index (χ3n) is 5.07. The molecule has 0 unspecified atom stereocenters. The Hall–Kier alpha value is -1.61. The van der Waals surface area contributed by atoms with Crippen LogP contribution in [0, 0.1) is 5.92 Å². The van der Waals surface area contributed by atoms with Crippen molar-refractivity contribution in [2.75, 3.05) is 19.6 Å². The second-order valence-electron chi connectivity index (χ2n) is 6.80. The van der Waals surface area contributed by atoms with Crippen LogP contribution in [0.15, 0.2) is 42.7 Å². The van der Waals surface area contributed by atoms with Crippen molar-refractivity contribution in [2.24, 2.45) is 5.92 Å². The molecule has 0 bridgehead atoms. The smallest absolute Gasteiger partial charge is 0.105 e. The molecule has 1 aromatic heterocycles. The number of nitrogens with one attached hydrogen (secondary N) is 1. The molecule has 3 rings (SSSR count). The lowest BCUT2D eigenvalue weighted by atomic mass is 9.91. The SMILES string of the molecule is c1ccc(CCCN2CCC(CCCc3ncc[nH]3)CC2)cc1. The van der Waals surface area contributed by atoms with Crippen molar-refractivity contribution in [1.29, 1.82) is 0 Å². The van der Waals surface area contributed by atoms with Gasteiger partial charge in [-0.15, -0.1) is 0 Å². The van der Waals surface area contributed by atoms with Gasteiger partial charge in [-0.1, -0.05) is 30.3 Å². The van der Waals surface area contributed by atoms with Gasteiger partial charge in [0.05, 0.1) is 0 Å². The number of rotatable bonds is 8. The van der Waals surface area contributed by atoms with Crippen molar-refractivity contribution < 1.29 is 0 Å². The molecule has 0 atom stereocenters. The van der Waals surface area contributed by atoms with E-state index in [2.05, 4.69) is 45.2 Å². The maximum absolute atomic E-state index is 4.31. The van der Waals surface area contributed by atoms with Gasteiger partial charge in [0.2, 0.25) is 0 Å². The predicted octanol–water partition coefficient (Wildman–Crippen LogP) is 4.08. The van der Waals surface area contributed by atoms with E-state index in [1.165, 1.54) is 63.7 Å². The summed E-state index contributed by atoms with van der Waals surface area (Å²) in [5.74, 6) is 2.07. The van der Waals surface area contributed by atoms with E-state index in [4.69, 9.17) is 0 Å². The molecule has 0 amide bonds. The fourth-order valence-electron chi connectivity index (χ4n) is 3.64. The van der Waals surface area contributed by atoms with Gasteiger partial charge in [0.1, 0.15) is 5.82 Å². The summed E-state index contributed by atoms with van der Waals surface area (Å²) in [4.78, 5) is 10.2. The first kappa shape index (κ1) is 16.3. The minimum Gasteiger partial charge on any atom is -0.349 e. The zero-order valence-corrected chi connectivity index (χ0v) is 14.1. The predicted molar refractivity (Wildman–Crippen MR) is 95.5 cm³/mol. The Kier molecular flexibility index (Phi) is 6.27. The highest BCUT2D eigenvalue weighted by atomic mass is 15.1. The highest BCUT2D eigenvalue weighted by Crippen LogP contribution is 2.22. The number of likely N-dealkylation sites (tertiary alicyclic amines) is 1. The van der Waals surface area contributed by atoms with E-state index in [0.717, 1.165) is 18.2 Å². The lowest BCUT2D eigenvalue weighted by Gasteiger charge is -2.32. The minimum atomic E-state index is 0.926. The van der Waals surface area contributed by atoms with Gasteiger partial charge in [0.15, 0.2) is 0 Å². The number of aromatic nitrogens is 2. The fourth-order valence-corrected chi connectivity index (χ4v) is 3.64. The van der Waals surface area contributed by atoms with Gasteiger partial charge in [-0.2, -0.15) is 0 Å². The van der Waals surface area contributed by atoms with E-state index < -0.39 is 0 Å². The summed E-state index contributed by atoms with van der Waals surface area (Å²) in [6.45, 7) is 3.84. The van der Waals surface area contributed by atoms with Crippen LogP contribution in [0.1, 0.15) is 43.5 Å². The summed E-state index contributed by atoms with van der Waals surface area (Å²) in [6, 6.07) is 10.9. The van der Waals surface area contributed by atoms with Crippen LogP contribution in [0.25, 0.3) is 0 Å². The highest BCUT2D eigenvalue weighted by Gasteiger charge is 2.18. The van der Waals surface area contributed by atoms with E-state index in [9.17, 15) is 0 Å². The number of piperidine rings is 1. The molecule has 0 aliphatic carbocycles. The zero-order valence-electron chi connectivity index (χ0n) is 14.1. The zero-order chi connectivity index (χ0) is 15.7. The topological polar surface area (TPSA) is 31.9 Å². The first-order valence-electron chi connectivity index (χ1n) is 9.15. The normalized spacial score (nSPS) is 16.7. The molecule has 2 heterocycles. The molecule has 23 heavy (non-hydrogen) atoms. The fraction of sp³-hybridized carbons (Fsp3) is 0.550. The molecule has 1 saturated heterocycles. The van der Waals surface area contributed by atoms with E-state index in [1.807, 2.05) is 12.4 Å². The lowest BCUT2D eigenvalue weighted by Crippen LogP contribution is -2.34. The number of imidazole rings is 1. The number of nitrogens with zero attached hydrogens (tertiary/aromatic N) is 2. The van der Waals surface area contributed by atoms with Crippen LogP contribution < -0.4 is 0 Å². The number of hydrogen-bond donors (Lipinski definition) is 1. The number of hydrogen-bond acceptors (Lipinski definition) is 2. The van der Waals surface area contributed by atoms with Crippen LogP contribution in [0.5, 0.6) is 0 Å². The van der Waals surface area contributed by atoms with Gasteiger partial charge >= 0.3 is 0 Å². The Morgan fingerprint density at radius 1 is 1.04 bits per heavy atom.